The molecule has 128 valence electrons. The van der Waals surface area contributed by atoms with Gasteiger partial charge in [-0.05, 0) is 30.7 Å². The maximum absolute atomic E-state index is 10.5. The maximum atomic E-state index is 10.5. The smallest absolute Gasteiger partial charge is 0.404 e. The minimum Gasteiger partial charge on any atom is -0.465 e. The highest BCUT2D eigenvalue weighted by Crippen LogP contribution is 2.29. The molecule has 3 aromatic heterocycles. The second-order valence-electron chi connectivity index (χ2n) is 5.85. The Morgan fingerprint density at radius 1 is 1.33 bits per heavy atom. The van der Waals surface area contributed by atoms with E-state index in [1.807, 2.05) is 12.3 Å². The Bertz CT molecular complexity index is 840. The highest BCUT2D eigenvalue weighted by atomic mass is 32.1. The van der Waals surface area contributed by atoms with Gasteiger partial charge in [-0.3, -0.25) is 4.98 Å². The molecule has 0 saturated carbocycles. The van der Waals surface area contributed by atoms with E-state index in [0.29, 0.717) is 6.54 Å². The van der Waals surface area contributed by atoms with Crippen LogP contribution in [0.15, 0.2) is 17.6 Å². The molecule has 3 heterocycles. The number of aryl methyl sites for hydroxylation is 2. The Balaban J connectivity index is 1.86. The number of amides is 1. The van der Waals surface area contributed by atoms with E-state index in [9.17, 15) is 4.79 Å². The lowest BCUT2D eigenvalue weighted by molar-refractivity contribution is 0.194. The van der Waals surface area contributed by atoms with E-state index in [4.69, 9.17) is 10.1 Å². The summed E-state index contributed by atoms with van der Waals surface area (Å²) in [7, 11) is 0. The highest BCUT2D eigenvalue weighted by Gasteiger charge is 2.14. The fraction of sp³-hybridized carbons (Fsp3) is 0.471. The van der Waals surface area contributed by atoms with Crippen LogP contribution in [0.5, 0.6) is 0 Å². The van der Waals surface area contributed by atoms with Crippen molar-refractivity contribution in [2.45, 2.75) is 45.6 Å². The number of hydrogen-bond acceptors (Lipinski definition) is 4. The van der Waals surface area contributed by atoms with Crippen LogP contribution in [0.25, 0.3) is 21.3 Å². The topological polar surface area (TPSA) is 80.0 Å². The number of aromatic nitrogens is 3. The summed E-state index contributed by atoms with van der Waals surface area (Å²) in [6.45, 7) is 3.53. The minimum atomic E-state index is -0.960. The summed E-state index contributed by atoms with van der Waals surface area (Å²) in [6, 6.07) is 2.04. The van der Waals surface area contributed by atoms with Crippen LogP contribution in [0, 0.1) is 0 Å². The summed E-state index contributed by atoms with van der Waals surface area (Å²) in [5.74, 6) is 1.11. The molecule has 0 radical (unpaired) electrons. The number of carbonyl (C=O) groups is 1. The van der Waals surface area contributed by atoms with E-state index in [1.54, 1.807) is 11.3 Å². The quantitative estimate of drug-likeness (QED) is 0.603. The molecular formula is C17H22N4O2S. The zero-order chi connectivity index (χ0) is 16.9. The normalized spacial score (nSPS) is 11.4. The third-order valence-electron chi connectivity index (χ3n) is 4.10. The molecule has 3 aromatic rings. The van der Waals surface area contributed by atoms with Crippen LogP contribution in [0.1, 0.15) is 38.4 Å². The number of thiophene rings is 1. The molecule has 0 unspecified atom stereocenters. The van der Waals surface area contributed by atoms with Gasteiger partial charge in [0.25, 0.3) is 0 Å². The summed E-state index contributed by atoms with van der Waals surface area (Å²) < 4.78 is 3.50. The summed E-state index contributed by atoms with van der Waals surface area (Å²) in [5, 5.41) is 13.1. The third kappa shape index (κ3) is 3.51. The monoisotopic (exact) mass is 346 g/mol. The third-order valence-corrected chi connectivity index (χ3v) is 5.01. The van der Waals surface area contributed by atoms with Gasteiger partial charge in [-0.25, -0.2) is 9.78 Å². The van der Waals surface area contributed by atoms with E-state index in [1.165, 1.54) is 10.2 Å². The number of pyridine rings is 1. The fourth-order valence-electron chi connectivity index (χ4n) is 2.92. The van der Waals surface area contributed by atoms with E-state index in [-0.39, 0.29) is 0 Å². The van der Waals surface area contributed by atoms with Gasteiger partial charge in [0.1, 0.15) is 11.3 Å². The van der Waals surface area contributed by atoms with Gasteiger partial charge in [0.2, 0.25) is 0 Å². The highest BCUT2D eigenvalue weighted by molar-refractivity contribution is 7.18. The predicted molar refractivity (Wildman–Crippen MR) is 96.8 cm³/mol. The molecule has 0 aliphatic carbocycles. The largest absolute Gasteiger partial charge is 0.465 e. The van der Waals surface area contributed by atoms with Gasteiger partial charge in [-0.1, -0.05) is 13.3 Å². The molecular weight excluding hydrogens is 324 g/mol. The number of nitrogens with zero attached hydrogens (tertiary/aromatic N) is 3. The molecule has 2 N–H and O–H groups in total. The first-order valence-electron chi connectivity index (χ1n) is 8.38. The molecule has 0 fully saturated rings. The van der Waals surface area contributed by atoms with Crippen molar-refractivity contribution < 1.29 is 9.90 Å². The number of fused-ring (bicyclic) bond motifs is 3. The Hall–Kier alpha value is -2.15. The van der Waals surface area contributed by atoms with E-state index in [0.717, 1.165) is 55.5 Å². The molecule has 0 saturated heterocycles. The van der Waals surface area contributed by atoms with E-state index in [2.05, 4.69) is 27.2 Å². The van der Waals surface area contributed by atoms with Crippen molar-refractivity contribution in [3.8, 4) is 0 Å². The number of imidazole rings is 1. The van der Waals surface area contributed by atoms with Gasteiger partial charge in [-0.15, -0.1) is 11.3 Å². The number of hydrogen-bond donors (Lipinski definition) is 2. The first-order chi connectivity index (χ1) is 11.7. The second kappa shape index (κ2) is 7.61. The number of rotatable bonds is 8. The van der Waals surface area contributed by atoms with Crippen LogP contribution in [0.3, 0.4) is 0 Å². The molecule has 24 heavy (non-hydrogen) atoms. The SMILES string of the molecule is CCCCc1nc2cnc3ccsc3c2n1CCCCNC(=O)O. The summed E-state index contributed by atoms with van der Waals surface area (Å²) in [4.78, 5) is 19.8. The van der Waals surface area contributed by atoms with Gasteiger partial charge < -0.3 is 15.0 Å². The van der Waals surface area contributed by atoms with E-state index >= 15 is 0 Å². The van der Waals surface area contributed by atoms with Crippen LogP contribution in [0.4, 0.5) is 4.79 Å². The Morgan fingerprint density at radius 2 is 2.21 bits per heavy atom. The van der Waals surface area contributed by atoms with Gasteiger partial charge >= 0.3 is 6.09 Å². The lowest BCUT2D eigenvalue weighted by atomic mass is 10.2. The van der Waals surface area contributed by atoms with Gasteiger partial charge in [0.15, 0.2) is 0 Å². The van der Waals surface area contributed by atoms with Crippen molar-refractivity contribution in [1.29, 1.82) is 0 Å². The Morgan fingerprint density at radius 3 is 3.00 bits per heavy atom. The lowest BCUT2D eigenvalue weighted by Gasteiger charge is -2.09. The van der Waals surface area contributed by atoms with Crippen LogP contribution in [-0.4, -0.2) is 32.3 Å². The van der Waals surface area contributed by atoms with Crippen LogP contribution >= 0.6 is 11.3 Å². The fourth-order valence-corrected chi connectivity index (χ4v) is 3.82. The maximum Gasteiger partial charge on any atom is 0.404 e. The Kier molecular flexibility index (Phi) is 5.30. The van der Waals surface area contributed by atoms with Gasteiger partial charge in [0, 0.05) is 19.5 Å². The standard InChI is InChI=1S/C17H22N4O2S/c1-2-3-6-14-20-13-11-19-12-7-10-24-16(12)15(13)21(14)9-5-4-8-18-17(22)23/h7,10-11,18H,2-6,8-9H2,1H3,(H,22,23). The van der Waals surface area contributed by atoms with Crippen LogP contribution < -0.4 is 5.32 Å². The zero-order valence-corrected chi connectivity index (χ0v) is 14.6. The predicted octanol–water partition coefficient (Wildman–Crippen LogP) is 4.04. The van der Waals surface area contributed by atoms with Gasteiger partial charge in [0.05, 0.1) is 21.9 Å². The summed E-state index contributed by atoms with van der Waals surface area (Å²) in [5.41, 5.74) is 3.15. The van der Waals surface area contributed by atoms with Crippen LogP contribution in [-0.2, 0) is 13.0 Å². The van der Waals surface area contributed by atoms with Crippen molar-refractivity contribution in [3.05, 3.63) is 23.5 Å². The molecule has 0 spiro atoms. The first-order valence-corrected chi connectivity index (χ1v) is 9.26. The van der Waals surface area contributed by atoms with Crippen molar-refractivity contribution in [2.75, 3.05) is 6.54 Å². The number of unbranched alkanes of at least 4 members (excludes halogenated alkanes) is 2. The van der Waals surface area contributed by atoms with Crippen molar-refractivity contribution in [3.63, 3.8) is 0 Å². The molecule has 0 aromatic carbocycles. The molecule has 7 heteroatoms. The average Bonchev–Trinajstić information content (AvgIpc) is 3.16. The van der Waals surface area contributed by atoms with Crippen LogP contribution in [0.2, 0.25) is 0 Å². The average molecular weight is 346 g/mol. The molecule has 6 nitrogen and oxygen atoms in total. The molecule has 0 aliphatic rings. The zero-order valence-electron chi connectivity index (χ0n) is 13.8. The molecule has 0 aliphatic heterocycles. The van der Waals surface area contributed by atoms with Crippen molar-refractivity contribution >= 4 is 38.7 Å². The first kappa shape index (κ1) is 16.7. The molecule has 0 bridgehead atoms. The van der Waals surface area contributed by atoms with Crippen molar-refractivity contribution in [2.24, 2.45) is 0 Å². The molecule has 0 atom stereocenters. The van der Waals surface area contributed by atoms with Crippen molar-refractivity contribution in [1.82, 2.24) is 19.9 Å². The number of nitrogens with one attached hydrogen (secondary N) is 1. The second-order valence-corrected chi connectivity index (χ2v) is 6.77. The Labute approximate surface area is 144 Å². The lowest BCUT2D eigenvalue weighted by Crippen LogP contribution is -2.22. The number of carboxylic acid groups (broad SMARTS) is 1. The summed E-state index contributed by atoms with van der Waals surface area (Å²) >= 11 is 1.70. The molecule has 1 amide bonds. The minimum absolute atomic E-state index is 0.488. The molecule has 3 rings (SSSR count). The summed E-state index contributed by atoms with van der Waals surface area (Å²) in [6.07, 6.45) is 5.85. The van der Waals surface area contributed by atoms with Gasteiger partial charge in [-0.2, -0.15) is 0 Å². The van der Waals surface area contributed by atoms with E-state index < -0.39 is 6.09 Å².